The maximum absolute atomic E-state index is 6.20. The normalized spacial score (nSPS) is 12.8. The third kappa shape index (κ3) is 2.11. The molecule has 0 spiro atoms. The minimum Gasteiger partial charge on any atom is -0.320 e. The van der Waals surface area contributed by atoms with Crippen LogP contribution in [0.25, 0.3) is 0 Å². The highest BCUT2D eigenvalue weighted by molar-refractivity contribution is 7.10. The van der Waals surface area contributed by atoms with Gasteiger partial charge >= 0.3 is 0 Å². The van der Waals surface area contributed by atoms with Gasteiger partial charge in [0.15, 0.2) is 0 Å². The number of hydrogen-bond acceptors (Lipinski definition) is 2. The predicted molar refractivity (Wildman–Crippen MR) is 71.5 cm³/mol. The highest BCUT2D eigenvalue weighted by Gasteiger charge is 2.16. The first-order valence-corrected chi connectivity index (χ1v) is 6.48. The van der Waals surface area contributed by atoms with Crippen molar-refractivity contribution in [3.8, 4) is 0 Å². The average Bonchev–Trinajstić information content (AvgIpc) is 2.68. The van der Waals surface area contributed by atoms with Crippen LogP contribution in [0.3, 0.4) is 0 Å². The first kappa shape index (κ1) is 11.9. The minimum absolute atomic E-state index is 0.203. The van der Waals surface area contributed by atoms with Gasteiger partial charge in [-0.3, -0.25) is 0 Å². The van der Waals surface area contributed by atoms with Crippen LogP contribution >= 0.6 is 34.5 Å². The summed E-state index contributed by atoms with van der Waals surface area (Å²) in [5.41, 5.74) is 8.24. The zero-order valence-electron chi connectivity index (χ0n) is 8.71. The number of benzene rings is 1. The molecular formula is C12H11Cl2NS. The molecular weight excluding hydrogens is 261 g/mol. The summed E-state index contributed by atoms with van der Waals surface area (Å²) in [6.07, 6.45) is 0. The van der Waals surface area contributed by atoms with Crippen LogP contribution in [-0.4, -0.2) is 0 Å². The molecule has 2 aromatic rings. The van der Waals surface area contributed by atoms with E-state index in [1.807, 2.05) is 36.6 Å². The van der Waals surface area contributed by atoms with Crippen molar-refractivity contribution < 1.29 is 0 Å². The van der Waals surface area contributed by atoms with E-state index in [1.165, 1.54) is 0 Å². The van der Waals surface area contributed by atoms with Crippen LogP contribution in [0, 0.1) is 6.92 Å². The third-order valence-corrected chi connectivity index (χ3v) is 4.42. The van der Waals surface area contributed by atoms with E-state index >= 15 is 0 Å². The topological polar surface area (TPSA) is 26.0 Å². The van der Waals surface area contributed by atoms with Gasteiger partial charge in [-0.2, -0.15) is 0 Å². The van der Waals surface area contributed by atoms with Gasteiger partial charge in [-0.1, -0.05) is 35.3 Å². The lowest BCUT2D eigenvalue weighted by Gasteiger charge is -2.14. The largest absolute Gasteiger partial charge is 0.320 e. The Hall–Kier alpha value is -0.540. The van der Waals surface area contributed by atoms with Crippen molar-refractivity contribution in [3.05, 3.63) is 55.7 Å². The summed E-state index contributed by atoms with van der Waals surface area (Å²) in [6.45, 7) is 1.97. The standard InChI is InChI=1S/C12H11Cl2NS/c1-7-8(3-2-4-9(7)13)11(15)12-10(14)5-6-16-12/h2-6,11H,15H2,1H3. The van der Waals surface area contributed by atoms with Crippen LogP contribution in [0.15, 0.2) is 29.6 Å². The summed E-state index contributed by atoms with van der Waals surface area (Å²) >= 11 is 13.7. The highest BCUT2D eigenvalue weighted by atomic mass is 35.5. The Kier molecular flexibility index (Phi) is 3.55. The van der Waals surface area contributed by atoms with E-state index in [0.717, 1.165) is 26.0 Å². The molecule has 1 heterocycles. The van der Waals surface area contributed by atoms with Crippen LogP contribution in [0.4, 0.5) is 0 Å². The molecule has 0 aliphatic heterocycles. The van der Waals surface area contributed by atoms with E-state index in [4.69, 9.17) is 28.9 Å². The second-order valence-corrected chi connectivity index (χ2v) is 5.33. The molecule has 2 N–H and O–H groups in total. The Bertz CT molecular complexity index is 507. The molecule has 4 heteroatoms. The molecule has 84 valence electrons. The van der Waals surface area contributed by atoms with Gasteiger partial charge < -0.3 is 5.73 Å². The van der Waals surface area contributed by atoms with E-state index in [1.54, 1.807) is 11.3 Å². The van der Waals surface area contributed by atoms with Crippen LogP contribution in [0.2, 0.25) is 10.0 Å². The number of hydrogen-bond donors (Lipinski definition) is 1. The summed E-state index contributed by atoms with van der Waals surface area (Å²) in [5.74, 6) is 0. The average molecular weight is 272 g/mol. The Morgan fingerprint density at radius 3 is 2.56 bits per heavy atom. The molecule has 0 radical (unpaired) electrons. The van der Waals surface area contributed by atoms with Gasteiger partial charge in [-0.15, -0.1) is 11.3 Å². The van der Waals surface area contributed by atoms with Gasteiger partial charge in [0.25, 0.3) is 0 Å². The molecule has 0 fully saturated rings. The van der Waals surface area contributed by atoms with E-state index < -0.39 is 0 Å². The first-order chi connectivity index (χ1) is 7.61. The molecule has 0 amide bonds. The second-order valence-electron chi connectivity index (χ2n) is 3.56. The molecule has 2 rings (SSSR count). The van der Waals surface area contributed by atoms with Crippen molar-refractivity contribution in [3.63, 3.8) is 0 Å². The fourth-order valence-corrected chi connectivity index (χ4v) is 3.01. The molecule has 1 aromatic carbocycles. The zero-order chi connectivity index (χ0) is 11.7. The van der Waals surface area contributed by atoms with Gasteiger partial charge in [0, 0.05) is 9.90 Å². The van der Waals surface area contributed by atoms with Gasteiger partial charge in [0.1, 0.15) is 0 Å². The molecule has 1 aromatic heterocycles. The molecule has 0 saturated heterocycles. The van der Waals surface area contributed by atoms with E-state index in [9.17, 15) is 0 Å². The summed E-state index contributed by atoms with van der Waals surface area (Å²) in [4.78, 5) is 0.979. The van der Waals surface area contributed by atoms with Gasteiger partial charge in [0.05, 0.1) is 11.1 Å². The van der Waals surface area contributed by atoms with Crippen molar-refractivity contribution >= 4 is 34.5 Å². The predicted octanol–water partition coefficient (Wildman–Crippen LogP) is 4.41. The summed E-state index contributed by atoms with van der Waals surface area (Å²) in [7, 11) is 0. The summed E-state index contributed by atoms with van der Waals surface area (Å²) in [6, 6.07) is 7.42. The molecule has 1 atom stereocenters. The SMILES string of the molecule is Cc1c(Cl)cccc1C(N)c1sccc1Cl. The molecule has 1 unspecified atom stereocenters. The zero-order valence-corrected chi connectivity index (χ0v) is 11.0. The lowest BCUT2D eigenvalue weighted by atomic mass is 10.0. The molecule has 0 aliphatic carbocycles. The smallest absolute Gasteiger partial charge is 0.0664 e. The summed E-state index contributed by atoms with van der Waals surface area (Å²) in [5, 5.41) is 3.40. The Morgan fingerprint density at radius 2 is 1.94 bits per heavy atom. The second kappa shape index (κ2) is 4.76. The Morgan fingerprint density at radius 1 is 1.19 bits per heavy atom. The van der Waals surface area contributed by atoms with E-state index in [2.05, 4.69) is 0 Å². The quantitative estimate of drug-likeness (QED) is 0.860. The van der Waals surface area contributed by atoms with Crippen molar-refractivity contribution in [1.82, 2.24) is 0 Å². The maximum Gasteiger partial charge on any atom is 0.0664 e. The Balaban J connectivity index is 2.46. The van der Waals surface area contributed by atoms with E-state index in [0.29, 0.717) is 0 Å². The van der Waals surface area contributed by atoms with Crippen molar-refractivity contribution in [2.24, 2.45) is 5.73 Å². The van der Waals surface area contributed by atoms with Crippen molar-refractivity contribution in [2.75, 3.05) is 0 Å². The molecule has 0 saturated carbocycles. The molecule has 0 aliphatic rings. The van der Waals surface area contributed by atoms with Gasteiger partial charge in [0.2, 0.25) is 0 Å². The van der Waals surface area contributed by atoms with Crippen LogP contribution in [0.1, 0.15) is 22.0 Å². The molecule has 0 bridgehead atoms. The Labute approximate surface area is 109 Å². The van der Waals surface area contributed by atoms with E-state index in [-0.39, 0.29) is 6.04 Å². The number of thiophene rings is 1. The monoisotopic (exact) mass is 271 g/mol. The maximum atomic E-state index is 6.20. The highest BCUT2D eigenvalue weighted by Crippen LogP contribution is 2.33. The first-order valence-electron chi connectivity index (χ1n) is 4.84. The fraction of sp³-hybridized carbons (Fsp3) is 0.167. The number of rotatable bonds is 2. The van der Waals surface area contributed by atoms with Gasteiger partial charge in [-0.25, -0.2) is 0 Å². The number of nitrogens with two attached hydrogens (primary N) is 1. The van der Waals surface area contributed by atoms with Crippen molar-refractivity contribution in [2.45, 2.75) is 13.0 Å². The van der Waals surface area contributed by atoms with Crippen LogP contribution in [0.5, 0.6) is 0 Å². The minimum atomic E-state index is -0.203. The third-order valence-electron chi connectivity index (χ3n) is 2.57. The van der Waals surface area contributed by atoms with Gasteiger partial charge in [-0.05, 0) is 35.6 Å². The lowest BCUT2D eigenvalue weighted by molar-refractivity contribution is 0.883. The van der Waals surface area contributed by atoms with Crippen LogP contribution < -0.4 is 5.73 Å². The lowest BCUT2D eigenvalue weighted by Crippen LogP contribution is -2.12. The summed E-state index contributed by atoms with van der Waals surface area (Å²) < 4.78 is 0. The molecule has 16 heavy (non-hydrogen) atoms. The molecule has 1 nitrogen and oxygen atoms in total. The van der Waals surface area contributed by atoms with Crippen molar-refractivity contribution in [1.29, 1.82) is 0 Å². The fourth-order valence-electron chi connectivity index (χ4n) is 1.63. The number of halogens is 2. The van der Waals surface area contributed by atoms with Crippen LogP contribution in [-0.2, 0) is 0 Å².